The number of hydrogen-bond donors (Lipinski definition) is 3. The quantitative estimate of drug-likeness (QED) is 0.692. The van der Waals surface area contributed by atoms with E-state index in [1.54, 1.807) is 26.0 Å². The van der Waals surface area contributed by atoms with Gasteiger partial charge in [0.05, 0.1) is 17.7 Å². The average Bonchev–Trinajstić information content (AvgIpc) is 2.27. The molecule has 0 saturated carbocycles. The summed E-state index contributed by atoms with van der Waals surface area (Å²) < 4.78 is 0. The minimum absolute atomic E-state index is 0.0801. The summed E-state index contributed by atoms with van der Waals surface area (Å²) in [6, 6.07) is 4.71. The summed E-state index contributed by atoms with van der Waals surface area (Å²) in [5.41, 5.74) is 10.5. The summed E-state index contributed by atoms with van der Waals surface area (Å²) in [6.07, 6.45) is 0. The number of benzene rings is 1. The maximum absolute atomic E-state index is 11.4. The van der Waals surface area contributed by atoms with Crippen LogP contribution >= 0.6 is 0 Å². The predicted molar refractivity (Wildman–Crippen MR) is 63.6 cm³/mol. The van der Waals surface area contributed by atoms with Crippen LogP contribution in [0, 0.1) is 0 Å². The second kappa shape index (κ2) is 4.55. The van der Waals surface area contributed by atoms with Gasteiger partial charge >= 0.3 is 0 Å². The van der Waals surface area contributed by atoms with Gasteiger partial charge in [-0.1, -0.05) is 26.0 Å². The van der Waals surface area contributed by atoms with Gasteiger partial charge < -0.3 is 16.6 Å². The van der Waals surface area contributed by atoms with Crippen LogP contribution in [0.4, 0.5) is 0 Å². The molecule has 1 rings (SSSR count). The van der Waals surface area contributed by atoms with E-state index < -0.39 is 17.2 Å². The molecule has 1 aromatic rings. The van der Waals surface area contributed by atoms with Crippen molar-refractivity contribution in [1.29, 1.82) is 0 Å². The van der Waals surface area contributed by atoms with Crippen molar-refractivity contribution in [1.82, 2.24) is 0 Å². The van der Waals surface area contributed by atoms with Crippen molar-refractivity contribution in [2.75, 3.05) is 6.61 Å². The lowest BCUT2D eigenvalue weighted by atomic mass is 9.80. The zero-order valence-corrected chi connectivity index (χ0v) is 9.86. The van der Waals surface area contributed by atoms with Crippen LogP contribution in [0.3, 0.4) is 0 Å². The van der Waals surface area contributed by atoms with Gasteiger partial charge in [-0.3, -0.25) is 9.59 Å². The van der Waals surface area contributed by atoms with E-state index in [1.807, 2.05) is 0 Å². The van der Waals surface area contributed by atoms with Crippen molar-refractivity contribution in [2.45, 2.75) is 19.3 Å². The van der Waals surface area contributed by atoms with Gasteiger partial charge in [0, 0.05) is 5.41 Å². The Hall–Kier alpha value is -1.88. The van der Waals surface area contributed by atoms with Gasteiger partial charge in [0.2, 0.25) is 11.8 Å². The van der Waals surface area contributed by atoms with Crippen LogP contribution in [0.5, 0.6) is 0 Å². The molecule has 17 heavy (non-hydrogen) atoms. The summed E-state index contributed by atoms with van der Waals surface area (Å²) in [5, 5.41) is 9.31. The molecule has 0 fully saturated rings. The van der Waals surface area contributed by atoms with E-state index in [0.29, 0.717) is 5.56 Å². The third-order valence-electron chi connectivity index (χ3n) is 2.70. The Bertz CT molecular complexity index is 467. The molecule has 2 amide bonds. The molecular weight excluding hydrogens is 220 g/mol. The van der Waals surface area contributed by atoms with Crippen LogP contribution in [-0.2, 0) is 5.41 Å². The second-order valence-corrected chi connectivity index (χ2v) is 4.50. The summed E-state index contributed by atoms with van der Waals surface area (Å²) in [6.45, 7) is 3.33. The number of rotatable bonds is 4. The van der Waals surface area contributed by atoms with Crippen molar-refractivity contribution in [2.24, 2.45) is 11.5 Å². The number of carbonyl (C=O) groups excluding carboxylic acids is 2. The number of amides is 2. The molecule has 0 aliphatic rings. The number of hydrogen-bond acceptors (Lipinski definition) is 3. The molecular formula is C12H16N2O3. The highest BCUT2D eigenvalue weighted by atomic mass is 16.3. The maximum Gasteiger partial charge on any atom is 0.249 e. The van der Waals surface area contributed by atoms with Crippen LogP contribution in [0.25, 0.3) is 0 Å². The molecule has 0 aromatic heterocycles. The molecule has 1 aromatic carbocycles. The Labute approximate surface area is 99.4 Å². The Morgan fingerprint density at radius 1 is 1.24 bits per heavy atom. The molecule has 0 saturated heterocycles. The Balaban J connectivity index is 3.57. The largest absolute Gasteiger partial charge is 0.395 e. The fraction of sp³-hybridized carbons (Fsp3) is 0.333. The van der Waals surface area contributed by atoms with Gasteiger partial charge in [0.1, 0.15) is 0 Å². The van der Waals surface area contributed by atoms with E-state index >= 15 is 0 Å². The minimum atomic E-state index is -0.726. The van der Waals surface area contributed by atoms with E-state index in [4.69, 9.17) is 11.5 Å². The zero-order chi connectivity index (χ0) is 13.2. The van der Waals surface area contributed by atoms with E-state index in [-0.39, 0.29) is 17.7 Å². The first-order chi connectivity index (χ1) is 7.81. The Morgan fingerprint density at radius 3 is 2.24 bits per heavy atom. The molecule has 0 spiro atoms. The maximum atomic E-state index is 11.4. The second-order valence-electron chi connectivity index (χ2n) is 4.50. The molecule has 5 heteroatoms. The third-order valence-corrected chi connectivity index (χ3v) is 2.70. The lowest BCUT2D eigenvalue weighted by Gasteiger charge is -2.25. The number of aliphatic hydroxyl groups is 1. The monoisotopic (exact) mass is 236 g/mol. The average molecular weight is 236 g/mol. The molecule has 5 nitrogen and oxygen atoms in total. The minimum Gasteiger partial charge on any atom is -0.395 e. The summed E-state index contributed by atoms with van der Waals surface area (Å²) in [7, 11) is 0. The van der Waals surface area contributed by atoms with Crippen molar-refractivity contribution < 1.29 is 14.7 Å². The smallest absolute Gasteiger partial charge is 0.249 e. The molecule has 0 radical (unpaired) electrons. The van der Waals surface area contributed by atoms with Gasteiger partial charge in [-0.15, -0.1) is 0 Å². The molecule has 0 aliphatic carbocycles. The highest BCUT2D eigenvalue weighted by molar-refractivity contribution is 6.07. The highest BCUT2D eigenvalue weighted by Gasteiger charge is 2.27. The number of aliphatic hydroxyl groups excluding tert-OH is 1. The van der Waals surface area contributed by atoms with Gasteiger partial charge in [0.15, 0.2) is 0 Å². The first kappa shape index (κ1) is 13.2. The predicted octanol–water partition coefficient (Wildman–Crippen LogP) is 0.154. The van der Waals surface area contributed by atoms with Crippen molar-refractivity contribution in [3.8, 4) is 0 Å². The summed E-state index contributed by atoms with van der Waals surface area (Å²) in [5.74, 6) is -1.44. The van der Waals surface area contributed by atoms with E-state index in [0.717, 1.165) is 0 Å². The topological polar surface area (TPSA) is 106 Å². The Morgan fingerprint density at radius 2 is 1.82 bits per heavy atom. The zero-order valence-electron chi connectivity index (χ0n) is 9.86. The fourth-order valence-corrected chi connectivity index (χ4v) is 1.67. The molecule has 0 heterocycles. The normalized spacial score (nSPS) is 11.2. The highest BCUT2D eigenvalue weighted by Crippen LogP contribution is 2.27. The van der Waals surface area contributed by atoms with Gasteiger partial charge in [-0.25, -0.2) is 0 Å². The first-order valence-corrected chi connectivity index (χ1v) is 5.15. The van der Waals surface area contributed by atoms with Gasteiger partial charge in [-0.05, 0) is 11.6 Å². The molecule has 92 valence electrons. The van der Waals surface area contributed by atoms with Gasteiger partial charge in [0.25, 0.3) is 0 Å². The lowest BCUT2D eigenvalue weighted by Crippen LogP contribution is -2.30. The van der Waals surface area contributed by atoms with Crippen molar-refractivity contribution >= 4 is 11.8 Å². The standard InChI is InChI=1S/C12H16N2O3/c1-12(2,6-15)8-5-3-4-7(10(13)16)9(8)11(14)17/h3-5,15H,6H2,1-2H3,(H2,13,16)(H2,14,17). The molecule has 0 bridgehead atoms. The van der Waals surface area contributed by atoms with E-state index in [2.05, 4.69) is 0 Å². The summed E-state index contributed by atoms with van der Waals surface area (Å²) >= 11 is 0. The van der Waals surface area contributed by atoms with E-state index in [1.165, 1.54) is 6.07 Å². The molecule has 0 atom stereocenters. The van der Waals surface area contributed by atoms with Crippen LogP contribution in [0.1, 0.15) is 40.1 Å². The molecule has 0 aliphatic heterocycles. The lowest BCUT2D eigenvalue weighted by molar-refractivity contribution is 0.0964. The van der Waals surface area contributed by atoms with Crippen molar-refractivity contribution in [3.63, 3.8) is 0 Å². The number of nitrogens with two attached hydrogens (primary N) is 2. The number of primary amides is 2. The number of carbonyl (C=O) groups is 2. The van der Waals surface area contributed by atoms with Gasteiger partial charge in [-0.2, -0.15) is 0 Å². The fourth-order valence-electron chi connectivity index (χ4n) is 1.67. The van der Waals surface area contributed by atoms with Crippen LogP contribution < -0.4 is 11.5 Å². The van der Waals surface area contributed by atoms with Crippen LogP contribution in [0.15, 0.2) is 18.2 Å². The third kappa shape index (κ3) is 2.45. The SMILES string of the molecule is CC(C)(CO)c1cccc(C(N)=O)c1C(N)=O. The van der Waals surface area contributed by atoms with Crippen molar-refractivity contribution in [3.05, 3.63) is 34.9 Å². The molecule has 5 N–H and O–H groups in total. The van der Waals surface area contributed by atoms with Crippen LogP contribution in [0.2, 0.25) is 0 Å². The van der Waals surface area contributed by atoms with E-state index in [9.17, 15) is 14.7 Å². The summed E-state index contributed by atoms with van der Waals surface area (Å²) in [4.78, 5) is 22.7. The van der Waals surface area contributed by atoms with Crippen LogP contribution in [-0.4, -0.2) is 23.5 Å². The Kier molecular flexibility index (Phi) is 3.53. The first-order valence-electron chi connectivity index (χ1n) is 5.15. The molecule has 0 unspecified atom stereocenters.